The Morgan fingerprint density at radius 1 is 0.960 bits per heavy atom. The van der Waals surface area contributed by atoms with Crippen LogP contribution in [0.4, 0.5) is 0 Å². The van der Waals surface area contributed by atoms with Gasteiger partial charge in [0.15, 0.2) is 0 Å². The van der Waals surface area contributed by atoms with Gasteiger partial charge < -0.3 is 0 Å². The van der Waals surface area contributed by atoms with Crippen LogP contribution in [0.25, 0.3) is 0 Å². The number of rotatable bonds is 8. The first-order chi connectivity index (χ1) is 12.1. The van der Waals surface area contributed by atoms with Crippen LogP contribution in [0.5, 0.6) is 0 Å². The molecule has 2 aromatic carbocycles. The highest BCUT2D eigenvalue weighted by Crippen LogP contribution is 2.15. The molecule has 0 spiro atoms. The largest absolute Gasteiger partial charge is 0.277 e. The van der Waals surface area contributed by atoms with Crippen LogP contribution in [-0.4, -0.2) is 18.2 Å². The Bertz CT molecular complexity index is 866. The highest BCUT2D eigenvalue weighted by Gasteiger charge is 2.19. The van der Waals surface area contributed by atoms with Gasteiger partial charge in [0.05, 0.1) is 12.6 Å². The maximum absolute atomic E-state index is 12.5. The average molecular weight is 356 g/mol. The molecule has 0 saturated carbocycles. The van der Waals surface area contributed by atoms with Crippen molar-refractivity contribution in [3.63, 3.8) is 0 Å². The maximum atomic E-state index is 12.5. The number of benzene rings is 2. The lowest BCUT2D eigenvalue weighted by molar-refractivity contribution is 0.478. The zero-order valence-electron chi connectivity index (χ0n) is 13.6. The van der Waals surface area contributed by atoms with Crippen molar-refractivity contribution in [1.82, 2.24) is 19.2 Å². The predicted molar refractivity (Wildman–Crippen MR) is 96.7 cm³/mol. The van der Waals surface area contributed by atoms with E-state index in [1.54, 1.807) is 10.9 Å². The Labute approximate surface area is 147 Å². The molecule has 0 bridgehead atoms. The zero-order valence-corrected chi connectivity index (χ0v) is 14.4. The minimum absolute atomic E-state index is 0.236. The van der Waals surface area contributed by atoms with E-state index in [1.165, 1.54) is 0 Å². The van der Waals surface area contributed by atoms with Crippen molar-refractivity contribution >= 4 is 10.2 Å². The first-order valence-electron chi connectivity index (χ1n) is 7.95. The monoisotopic (exact) mass is 356 g/mol. The van der Waals surface area contributed by atoms with E-state index in [2.05, 4.69) is 14.5 Å². The Morgan fingerprint density at radius 2 is 1.64 bits per heavy atom. The summed E-state index contributed by atoms with van der Waals surface area (Å²) in [4.78, 5) is 0. The van der Waals surface area contributed by atoms with E-state index >= 15 is 0 Å². The molecule has 0 aliphatic carbocycles. The number of hydrogen-bond acceptors (Lipinski definition) is 3. The predicted octanol–water partition coefficient (Wildman–Crippen LogP) is 2.25. The fourth-order valence-electron chi connectivity index (χ4n) is 2.49. The van der Waals surface area contributed by atoms with Crippen molar-refractivity contribution in [2.45, 2.75) is 19.1 Å². The average Bonchev–Trinajstić information content (AvgIpc) is 3.14. The fraction of sp³-hybridized carbons (Fsp3) is 0.167. The van der Waals surface area contributed by atoms with Crippen LogP contribution in [0, 0.1) is 0 Å². The van der Waals surface area contributed by atoms with Crippen molar-refractivity contribution in [2.75, 3.05) is 0 Å². The first-order valence-corrected chi connectivity index (χ1v) is 9.44. The summed E-state index contributed by atoms with van der Waals surface area (Å²) in [5.41, 5.74) is 1.78. The lowest BCUT2D eigenvalue weighted by atomic mass is 10.1. The smallest absolute Gasteiger partial charge is 0.271 e. The highest BCUT2D eigenvalue weighted by atomic mass is 32.2. The molecule has 3 aromatic rings. The van der Waals surface area contributed by atoms with Gasteiger partial charge in [-0.15, -0.1) is 0 Å². The van der Waals surface area contributed by atoms with Gasteiger partial charge in [0.1, 0.15) is 0 Å². The van der Waals surface area contributed by atoms with Gasteiger partial charge in [-0.2, -0.15) is 23.0 Å². The van der Waals surface area contributed by atoms with E-state index in [4.69, 9.17) is 0 Å². The molecular formula is C18H20N4O2S. The van der Waals surface area contributed by atoms with Crippen LogP contribution in [0.1, 0.15) is 17.2 Å². The molecular weight excluding hydrogens is 336 g/mol. The van der Waals surface area contributed by atoms with Gasteiger partial charge in [-0.1, -0.05) is 60.7 Å². The maximum Gasteiger partial charge on any atom is 0.277 e. The van der Waals surface area contributed by atoms with Gasteiger partial charge in [-0.3, -0.25) is 4.68 Å². The molecule has 1 aromatic heterocycles. The summed E-state index contributed by atoms with van der Waals surface area (Å²) in [7, 11) is -3.67. The van der Waals surface area contributed by atoms with Gasteiger partial charge in [0.2, 0.25) is 0 Å². The SMILES string of the molecule is O=S(=O)(NCc1ccccc1)NC(Cn1cccn1)c1ccccc1. The van der Waals surface area contributed by atoms with Crippen LogP contribution < -0.4 is 9.44 Å². The molecule has 130 valence electrons. The normalized spacial score (nSPS) is 12.8. The second-order valence-corrected chi connectivity index (χ2v) is 7.15. The molecule has 25 heavy (non-hydrogen) atoms. The quantitative estimate of drug-likeness (QED) is 0.650. The summed E-state index contributed by atoms with van der Waals surface area (Å²) in [5.74, 6) is 0. The van der Waals surface area contributed by atoms with Crippen LogP contribution in [0.15, 0.2) is 79.1 Å². The van der Waals surface area contributed by atoms with Gasteiger partial charge in [-0.25, -0.2) is 0 Å². The van der Waals surface area contributed by atoms with E-state index in [0.717, 1.165) is 11.1 Å². The molecule has 3 rings (SSSR count). The number of nitrogens with one attached hydrogen (secondary N) is 2. The van der Waals surface area contributed by atoms with E-state index in [1.807, 2.05) is 72.9 Å². The van der Waals surface area contributed by atoms with Crippen LogP contribution in [0.3, 0.4) is 0 Å². The van der Waals surface area contributed by atoms with Gasteiger partial charge >= 0.3 is 0 Å². The third-order valence-electron chi connectivity index (χ3n) is 3.74. The second-order valence-electron chi connectivity index (χ2n) is 5.62. The lowest BCUT2D eigenvalue weighted by Gasteiger charge is -2.19. The number of aromatic nitrogens is 2. The van der Waals surface area contributed by atoms with Crippen molar-refractivity contribution in [3.8, 4) is 0 Å². The molecule has 6 nitrogen and oxygen atoms in total. The van der Waals surface area contributed by atoms with Gasteiger partial charge in [0.25, 0.3) is 10.2 Å². The Morgan fingerprint density at radius 3 is 2.28 bits per heavy atom. The minimum Gasteiger partial charge on any atom is -0.271 e. The highest BCUT2D eigenvalue weighted by molar-refractivity contribution is 7.87. The number of nitrogens with zero attached hydrogens (tertiary/aromatic N) is 2. The summed E-state index contributed by atoms with van der Waals surface area (Å²) in [5, 5.41) is 4.17. The number of hydrogen-bond donors (Lipinski definition) is 2. The fourth-order valence-corrected chi connectivity index (χ4v) is 3.52. The Kier molecular flexibility index (Phi) is 5.60. The van der Waals surface area contributed by atoms with Crippen LogP contribution in [0.2, 0.25) is 0 Å². The van der Waals surface area contributed by atoms with Crippen LogP contribution in [-0.2, 0) is 23.3 Å². The van der Waals surface area contributed by atoms with E-state index in [-0.39, 0.29) is 6.54 Å². The van der Waals surface area contributed by atoms with E-state index < -0.39 is 16.3 Å². The third kappa shape index (κ3) is 5.25. The Hall–Kier alpha value is -2.48. The molecule has 0 saturated heterocycles. The molecule has 0 fully saturated rings. The standard InChI is InChI=1S/C18H20N4O2S/c23-25(24,20-14-16-8-3-1-4-9-16)21-18(15-22-13-7-12-19-22)17-10-5-2-6-11-17/h1-13,18,20-21H,14-15H2. The van der Waals surface area contributed by atoms with Crippen molar-refractivity contribution in [3.05, 3.63) is 90.3 Å². The topological polar surface area (TPSA) is 76.0 Å². The van der Waals surface area contributed by atoms with E-state index in [0.29, 0.717) is 6.54 Å². The molecule has 0 radical (unpaired) electrons. The lowest BCUT2D eigenvalue weighted by Crippen LogP contribution is -2.40. The summed E-state index contributed by atoms with van der Waals surface area (Å²) in [6.07, 6.45) is 3.48. The van der Waals surface area contributed by atoms with Gasteiger partial charge in [0, 0.05) is 18.9 Å². The summed E-state index contributed by atoms with van der Waals surface area (Å²) < 4.78 is 31.9. The van der Waals surface area contributed by atoms with Crippen molar-refractivity contribution in [1.29, 1.82) is 0 Å². The third-order valence-corrected chi connectivity index (χ3v) is 4.86. The Balaban J connectivity index is 1.72. The molecule has 0 amide bonds. The molecule has 0 aliphatic rings. The summed E-state index contributed by atoms with van der Waals surface area (Å²) >= 11 is 0. The summed E-state index contributed by atoms with van der Waals surface area (Å²) in [6, 6.07) is 20.3. The van der Waals surface area contributed by atoms with Crippen molar-refractivity contribution in [2.24, 2.45) is 0 Å². The van der Waals surface area contributed by atoms with E-state index in [9.17, 15) is 8.42 Å². The first kappa shape index (κ1) is 17.3. The molecule has 1 heterocycles. The zero-order chi connectivity index (χ0) is 17.5. The van der Waals surface area contributed by atoms with Crippen LogP contribution >= 0.6 is 0 Å². The second kappa shape index (κ2) is 8.06. The molecule has 7 heteroatoms. The molecule has 0 aliphatic heterocycles. The summed E-state index contributed by atoms with van der Waals surface area (Å²) in [6.45, 7) is 0.642. The molecule has 1 unspecified atom stereocenters. The molecule has 2 N–H and O–H groups in total. The van der Waals surface area contributed by atoms with Crippen molar-refractivity contribution < 1.29 is 8.42 Å². The molecule has 1 atom stereocenters. The minimum atomic E-state index is -3.67. The van der Waals surface area contributed by atoms with Gasteiger partial charge in [-0.05, 0) is 17.2 Å².